The van der Waals surface area contributed by atoms with Crippen LogP contribution in [0.2, 0.25) is 5.02 Å². The molecule has 41 heavy (non-hydrogen) atoms. The molecule has 1 saturated carbocycles. The van der Waals surface area contributed by atoms with Crippen LogP contribution in [0.25, 0.3) is 0 Å². The normalized spacial score (nSPS) is 14.7. The van der Waals surface area contributed by atoms with Crippen molar-refractivity contribution in [2.24, 2.45) is 0 Å². The number of hydrogen-bond acceptors (Lipinski definition) is 4. The average Bonchev–Trinajstić information content (AvgIpc) is 2.97. The molecule has 0 saturated heterocycles. The third-order valence-corrected chi connectivity index (χ3v) is 10.2. The Labute approximate surface area is 256 Å². The summed E-state index contributed by atoms with van der Waals surface area (Å²) >= 11 is 9.86. The number of amides is 2. The molecule has 1 aliphatic carbocycles. The molecule has 1 fully saturated rings. The molecule has 1 aliphatic rings. The SMILES string of the molecule is Cc1c(Cl)cccc1N(CC(=O)N(Cc1cccc(Br)c1)C(C)C(=O)NC1CCCCC1)S(=O)(=O)c1ccccc1. The molecular weight excluding hydrogens is 626 g/mol. The molecule has 10 heteroatoms. The summed E-state index contributed by atoms with van der Waals surface area (Å²) in [6, 6.07) is 19.7. The smallest absolute Gasteiger partial charge is 0.264 e. The molecule has 3 aromatic rings. The molecule has 218 valence electrons. The molecule has 1 unspecified atom stereocenters. The minimum absolute atomic E-state index is 0.0498. The fraction of sp³-hybridized carbons (Fsp3) is 0.355. The van der Waals surface area contributed by atoms with Gasteiger partial charge in [0.25, 0.3) is 10.0 Å². The van der Waals surface area contributed by atoms with Gasteiger partial charge in [-0.25, -0.2) is 8.42 Å². The van der Waals surface area contributed by atoms with Crippen molar-refractivity contribution in [1.29, 1.82) is 0 Å². The van der Waals surface area contributed by atoms with Gasteiger partial charge in [-0.1, -0.05) is 83.2 Å². The summed E-state index contributed by atoms with van der Waals surface area (Å²) in [4.78, 5) is 29.0. The van der Waals surface area contributed by atoms with E-state index < -0.39 is 28.5 Å². The zero-order chi connectivity index (χ0) is 29.6. The summed E-state index contributed by atoms with van der Waals surface area (Å²) in [6.07, 6.45) is 5.10. The predicted molar refractivity (Wildman–Crippen MR) is 166 cm³/mol. The molecule has 0 aromatic heterocycles. The summed E-state index contributed by atoms with van der Waals surface area (Å²) in [5.41, 5.74) is 1.64. The van der Waals surface area contributed by atoms with Crippen LogP contribution in [0.15, 0.2) is 82.2 Å². The van der Waals surface area contributed by atoms with Crippen LogP contribution >= 0.6 is 27.5 Å². The zero-order valence-electron chi connectivity index (χ0n) is 23.2. The largest absolute Gasteiger partial charge is 0.352 e. The van der Waals surface area contributed by atoms with Gasteiger partial charge < -0.3 is 10.2 Å². The number of benzene rings is 3. The maximum atomic E-state index is 14.1. The van der Waals surface area contributed by atoms with Crippen molar-refractivity contribution >= 4 is 55.1 Å². The van der Waals surface area contributed by atoms with Crippen LogP contribution in [0.1, 0.15) is 50.2 Å². The van der Waals surface area contributed by atoms with Gasteiger partial charge in [-0.15, -0.1) is 0 Å². The summed E-state index contributed by atoms with van der Waals surface area (Å²) in [5.74, 6) is -0.758. The van der Waals surface area contributed by atoms with Gasteiger partial charge in [-0.3, -0.25) is 13.9 Å². The van der Waals surface area contributed by atoms with E-state index in [1.54, 1.807) is 50.2 Å². The topological polar surface area (TPSA) is 86.8 Å². The number of carbonyl (C=O) groups is 2. The first-order valence-electron chi connectivity index (χ1n) is 13.7. The van der Waals surface area contributed by atoms with Crippen LogP contribution in [-0.4, -0.2) is 43.8 Å². The van der Waals surface area contributed by atoms with Crippen molar-refractivity contribution in [1.82, 2.24) is 10.2 Å². The molecular formula is C31H35BrClN3O4S. The first-order valence-corrected chi connectivity index (χ1v) is 16.4. The monoisotopic (exact) mass is 659 g/mol. The number of hydrogen-bond donors (Lipinski definition) is 1. The van der Waals surface area contributed by atoms with E-state index in [4.69, 9.17) is 11.6 Å². The molecule has 0 radical (unpaired) electrons. The van der Waals surface area contributed by atoms with E-state index in [9.17, 15) is 18.0 Å². The quantitative estimate of drug-likeness (QED) is 0.270. The minimum Gasteiger partial charge on any atom is -0.352 e. The number of halogens is 2. The van der Waals surface area contributed by atoms with Crippen molar-refractivity contribution in [3.8, 4) is 0 Å². The third-order valence-electron chi connectivity index (χ3n) is 7.48. The van der Waals surface area contributed by atoms with Crippen LogP contribution < -0.4 is 9.62 Å². The molecule has 0 aliphatic heterocycles. The molecule has 2 amide bonds. The first-order chi connectivity index (χ1) is 19.6. The van der Waals surface area contributed by atoms with Gasteiger partial charge in [-0.2, -0.15) is 0 Å². The second-order valence-electron chi connectivity index (χ2n) is 10.4. The van der Waals surface area contributed by atoms with Crippen molar-refractivity contribution in [2.45, 2.75) is 69.5 Å². The Bertz CT molecular complexity index is 1480. The lowest BCUT2D eigenvalue weighted by Gasteiger charge is -2.33. The molecule has 3 aromatic carbocycles. The maximum absolute atomic E-state index is 14.1. The summed E-state index contributed by atoms with van der Waals surface area (Å²) in [7, 11) is -4.15. The number of carbonyl (C=O) groups excluding carboxylic acids is 2. The molecule has 0 bridgehead atoms. The lowest BCUT2D eigenvalue weighted by molar-refractivity contribution is -0.139. The van der Waals surface area contributed by atoms with Crippen molar-refractivity contribution in [3.05, 3.63) is 93.4 Å². The van der Waals surface area contributed by atoms with Crippen molar-refractivity contribution < 1.29 is 18.0 Å². The van der Waals surface area contributed by atoms with Crippen LogP contribution in [0.5, 0.6) is 0 Å². The van der Waals surface area contributed by atoms with E-state index in [1.807, 2.05) is 24.3 Å². The van der Waals surface area contributed by atoms with Gasteiger partial charge in [0.1, 0.15) is 12.6 Å². The zero-order valence-corrected chi connectivity index (χ0v) is 26.4. The van der Waals surface area contributed by atoms with Gasteiger partial charge in [0, 0.05) is 22.1 Å². The maximum Gasteiger partial charge on any atom is 0.264 e. The van der Waals surface area contributed by atoms with Gasteiger partial charge in [-0.05, 0) is 74.2 Å². The van der Waals surface area contributed by atoms with E-state index in [1.165, 1.54) is 17.0 Å². The molecule has 1 atom stereocenters. The van der Waals surface area contributed by atoms with E-state index in [2.05, 4.69) is 21.2 Å². The minimum atomic E-state index is -4.15. The van der Waals surface area contributed by atoms with Crippen LogP contribution in [0, 0.1) is 6.92 Å². The molecule has 4 rings (SSSR count). The highest BCUT2D eigenvalue weighted by atomic mass is 79.9. The lowest BCUT2D eigenvalue weighted by atomic mass is 9.95. The molecule has 0 spiro atoms. The highest BCUT2D eigenvalue weighted by Crippen LogP contribution is 2.31. The average molecular weight is 661 g/mol. The highest BCUT2D eigenvalue weighted by molar-refractivity contribution is 9.10. The van der Waals surface area contributed by atoms with E-state index in [0.29, 0.717) is 16.3 Å². The fourth-order valence-electron chi connectivity index (χ4n) is 5.08. The van der Waals surface area contributed by atoms with Gasteiger partial charge >= 0.3 is 0 Å². The number of anilines is 1. The summed E-state index contributed by atoms with van der Waals surface area (Å²) in [5, 5.41) is 3.50. The highest BCUT2D eigenvalue weighted by Gasteiger charge is 2.34. The van der Waals surface area contributed by atoms with E-state index in [0.717, 1.165) is 46.4 Å². The summed E-state index contributed by atoms with van der Waals surface area (Å²) < 4.78 is 29.8. The van der Waals surface area contributed by atoms with Crippen LogP contribution in [0.3, 0.4) is 0 Å². The van der Waals surface area contributed by atoms with Gasteiger partial charge in [0.15, 0.2) is 0 Å². The Balaban J connectivity index is 1.70. The number of nitrogens with zero attached hydrogens (tertiary/aromatic N) is 2. The van der Waals surface area contributed by atoms with Gasteiger partial charge in [0.05, 0.1) is 10.6 Å². The Morgan fingerprint density at radius 1 is 1.00 bits per heavy atom. The molecule has 0 heterocycles. The van der Waals surface area contributed by atoms with E-state index in [-0.39, 0.29) is 23.4 Å². The standard InChI is InChI=1S/C31H35BrClN3O4S/c1-22-28(33)17-10-18-29(22)36(41(39,40)27-15-7-4-8-16-27)21-30(37)35(20-24-11-9-12-25(32)19-24)23(2)31(38)34-26-13-5-3-6-14-26/h4,7-12,15-19,23,26H,3,5-6,13-14,20-21H2,1-2H3,(H,34,38). The summed E-state index contributed by atoms with van der Waals surface area (Å²) in [6.45, 7) is 3.03. The van der Waals surface area contributed by atoms with Crippen molar-refractivity contribution in [3.63, 3.8) is 0 Å². The fourth-order valence-corrected chi connectivity index (χ4v) is 7.19. The lowest BCUT2D eigenvalue weighted by Crippen LogP contribution is -2.53. The molecule has 1 N–H and O–H groups in total. The van der Waals surface area contributed by atoms with Crippen molar-refractivity contribution in [2.75, 3.05) is 10.8 Å². The number of nitrogens with one attached hydrogen (secondary N) is 1. The Morgan fingerprint density at radius 3 is 2.37 bits per heavy atom. The number of sulfonamides is 1. The Morgan fingerprint density at radius 2 is 1.68 bits per heavy atom. The van der Waals surface area contributed by atoms with Gasteiger partial charge in [0.2, 0.25) is 11.8 Å². The first kappa shape index (κ1) is 31.1. The third kappa shape index (κ3) is 7.70. The predicted octanol–water partition coefficient (Wildman–Crippen LogP) is 6.47. The Hall–Kier alpha value is -2.88. The second kappa shape index (κ2) is 13.9. The van der Waals surface area contributed by atoms with Crippen LogP contribution in [-0.2, 0) is 26.2 Å². The Kier molecular flexibility index (Phi) is 10.5. The van der Waals surface area contributed by atoms with Crippen LogP contribution in [0.4, 0.5) is 5.69 Å². The second-order valence-corrected chi connectivity index (χ2v) is 13.6. The molecule has 7 nitrogen and oxygen atoms in total. The number of rotatable bonds is 10. The van der Waals surface area contributed by atoms with E-state index >= 15 is 0 Å².